The number of ether oxygens (including phenoxy) is 4. The highest BCUT2D eigenvalue weighted by molar-refractivity contribution is 5.92. The van der Waals surface area contributed by atoms with Crippen molar-refractivity contribution >= 4 is 11.7 Å². The zero-order chi connectivity index (χ0) is 36.5. The fourth-order valence-corrected chi connectivity index (χ4v) is 11.1. The van der Waals surface area contributed by atoms with Gasteiger partial charge in [-0.25, -0.2) is 0 Å². The van der Waals surface area contributed by atoms with Crippen molar-refractivity contribution in [2.24, 2.45) is 40.0 Å². The minimum atomic E-state index is -1.12. The lowest BCUT2D eigenvalue weighted by molar-refractivity contribution is -0.387. The molecule has 2 N–H and O–H groups in total. The van der Waals surface area contributed by atoms with Crippen LogP contribution in [-0.2, 0) is 23.7 Å². The molecule has 7 aliphatic rings. The summed E-state index contributed by atoms with van der Waals surface area (Å²) in [5, 5.41) is 23.6. The van der Waals surface area contributed by atoms with Gasteiger partial charge in [0.1, 0.15) is 11.7 Å². The van der Waals surface area contributed by atoms with Gasteiger partial charge in [-0.15, -0.1) is 0 Å². The lowest BCUT2D eigenvalue weighted by atomic mass is 9.56. The van der Waals surface area contributed by atoms with Crippen LogP contribution in [0.1, 0.15) is 138 Å². The summed E-state index contributed by atoms with van der Waals surface area (Å²) in [6.07, 6.45) is 12.2. The number of hydrogen-bond acceptors (Lipinski definition) is 8. The topological polar surface area (TPSA) is 107 Å². The molecule has 0 aromatic carbocycles. The van der Waals surface area contributed by atoms with Gasteiger partial charge in [-0.05, 0) is 107 Å². The van der Waals surface area contributed by atoms with E-state index in [0.717, 1.165) is 69.9 Å². The molecule has 7 rings (SSSR count). The summed E-state index contributed by atoms with van der Waals surface area (Å²) in [4.78, 5) is 18.1. The number of allylic oxidation sites excluding steroid dienone is 2. The first-order valence-electron chi connectivity index (χ1n) is 20.3. The number of hydrogen-bond donors (Lipinski definition) is 2. The molecule has 8 heteroatoms. The van der Waals surface area contributed by atoms with E-state index in [1.165, 1.54) is 22.4 Å². The fourth-order valence-electron chi connectivity index (χ4n) is 11.1. The Kier molecular flexibility index (Phi) is 10.1. The van der Waals surface area contributed by atoms with Gasteiger partial charge < -0.3 is 29.2 Å². The van der Waals surface area contributed by atoms with E-state index in [4.69, 9.17) is 23.9 Å². The number of carbonyl (C=O) groups excluding carboxylic acids is 1. The zero-order valence-corrected chi connectivity index (χ0v) is 32.5. The van der Waals surface area contributed by atoms with Crippen LogP contribution in [0.2, 0.25) is 0 Å². The Morgan fingerprint density at radius 3 is 2.47 bits per heavy atom. The molecule has 3 spiro atoms. The molecule has 0 saturated carbocycles. The van der Waals surface area contributed by atoms with E-state index in [0.29, 0.717) is 43.9 Å². The van der Waals surface area contributed by atoms with Crippen LogP contribution in [0.15, 0.2) is 39.9 Å². The average Bonchev–Trinajstić information content (AvgIpc) is 3.67. The van der Waals surface area contributed by atoms with Gasteiger partial charge in [0.2, 0.25) is 5.79 Å². The molecule has 6 heterocycles. The van der Waals surface area contributed by atoms with Crippen LogP contribution < -0.4 is 0 Å². The monoisotopic (exact) mass is 707 g/mol. The lowest BCUT2D eigenvalue weighted by Gasteiger charge is -2.49. The first-order valence-corrected chi connectivity index (χ1v) is 20.3. The average molecular weight is 708 g/mol. The molecule has 0 aromatic rings. The summed E-state index contributed by atoms with van der Waals surface area (Å²) in [7, 11) is 0. The van der Waals surface area contributed by atoms with E-state index < -0.39 is 23.3 Å². The number of esters is 1. The van der Waals surface area contributed by atoms with Crippen LogP contribution in [0.3, 0.4) is 0 Å². The van der Waals surface area contributed by atoms with Gasteiger partial charge in [0, 0.05) is 55.7 Å². The standard InChI is InChI=1S/C43H65NO7/c1-25-10-9-11-38-41(22-28(4)30(6)24-44-38)15-13-33(37-20-27(3)39(46)48-37)31(7)34(41)19-26(2)35(45)21-36-29(5)23-42(50-36)16-17-43(51-42)40(8,47)14-12-32(18-25)49-43/h19,27-30,32,34-37,45,47H,1,9-18,20-24H2,2-8H3/b26-19+/t27?,28-,29+,30-,32-,34-,35-,36+,37-,40+,41+,42-,43+/m0/s1. The SMILES string of the molecule is C=C1CCCC2=NC[C@H](C)[C@@H](C)C[C@@]23CCC([C@@H]2CC(C)C(=O)O2)=C(C)[C@@H]3/C=C(\C)[C@@H](O)C[C@H]2O[C@]3(CC[C@@]4(O[C@@H](CC[C@@]4(C)O)C1)O3)C[C@H]2C. The molecule has 0 aromatic heterocycles. The molecule has 4 saturated heterocycles. The Morgan fingerprint density at radius 1 is 0.941 bits per heavy atom. The van der Waals surface area contributed by atoms with Crippen LogP contribution in [0.25, 0.3) is 0 Å². The largest absolute Gasteiger partial charge is 0.458 e. The van der Waals surface area contributed by atoms with E-state index in [9.17, 15) is 15.0 Å². The molecular formula is C43H65NO7. The Hall–Kier alpha value is -1.84. The van der Waals surface area contributed by atoms with Crippen molar-refractivity contribution in [2.45, 2.75) is 180 Å². The van der Waals surface area contributed by atoms with Gasteiger partial charge in [-0.1, -0.05) is 51.5 Å². The molecule has 8 nitrogen and oxygen atoms in total. The third kappa shape index (κ3) is 6.77. The molecule has 4 bridgehead atoms. The summed E-state index contributed by atoms with van der Waals surface area (Å²) in [5.41, 5.74) is 4.70. The molecule has 1 unspecified atom stereocenters. The first kappa shape index (κ1) is 37.5. The van der Waals surface area contributed by atoms with Crippen molar-refractivity contribution in [3.63, 3.8) is 0 Å². The highest BCUT2D eigenvalue weighted by Gasteiger charge is 2.64. The predicted molar refractivity (Wildman–Crippen MR) is 198 cm³/mol. The summed E-state index contributed by atoms with van der Waals surface area (Å²) < 4.78 is 26.4. The Bertz CT molecular complexity index is 1480. The number of aliphatic hydroxyl groups is 2. The number of nitrogens with zero attached hydrogens (tertiary/aromatic N) is 1. The highest BCUT2D eigenvalue weighted by Crippen LogP contribution is 2.57. The molecule has 284 valence electrons. The molecule has 51 heavy (non-hydrogen) atoms. The Balaban J connectivity index is 1.27. The fraction of sp³-hybridized carbons (Fsp3) is 0.814. The second-order valence-corrected chi connectivity index (χ2v) is 18.5. The van der Waals surface area contributed by atoms with E-state index in [2.05, 4.69) is 47.3 Å². The van der Waals surface area contributed by atoms with Crippen LogP contribution in [0, 0.1) is 35.0 Å². The van der Waals surface area contributed by atoms with Crippen LogP contribution in [-0.4, -0.2) is 70.0 Å². The molecule has 6 aliphatic heterocycles. The van der Waals surface area contributed by atoms with Crippen molar-refractivity contribution in [3.05, 3.63) is 34.9 Å². The Labute approximate surface area is 306 Å². The van der Waals surface area contributed by atoms with Gasteiger partial charge >= 0.3 is 5.97 Å². The van der Waals surface area contributed by atoms with Gasteiger partial charge in [-0.2, -0.15) is 0 Å². The number of fused-ring (bicyclic) bond motifs is 2. The number of rotatable bonds is 1. The maximum atomic E-state index is 12.6. The van der Waals surface area contributed by atoms with Crippen molar-refractivity contribution < 1.29 is 34.0 Å². The second-order valence-electron chi connectivity index (χ2n) is 18.5. The zero-order valence-electron chi connectivity index (χ0n) is 32.5. The molecule has 1 aliphatic carbocycles. The van der Waals surface area contributed by atoms with Gasteiger partial charge in [-0.3, -0.25) is 9.79 Å². The van der Waals surface area contributed by atoms with Crippen molar-refractivity contribution in [1.29, 1.82) is 0 Å². The number of cyclic esters (lactones) is 1. The van der Waals surface area contributed by atoms with Gasteiger partial charge in [0.05, 0.1) is 24.2 Å². The van der Waals surface area contributed by atoms with Gasteiger partial charge in [0.15, 0.2) is 5.79 Å². The number of aliphatic hydroxyl groups excluding tert-OH is 1. The highest BCUT2D eigenvalue weighted by atomic mass is 16.8. The summed E-state index contributed by atoms with van der Waals surface area (Å²) >= 11 is 0. The maximum Gasteiger partial charge on any atom is 0.309 e. The summed E-state index contributed by atoms with van der Waals surface area (Å²) in [5.74, 6) is -0.927. The molecule has 13 atom stereocenters. The van der Waals surface area contributed by atoms with E-state index in [1.807, 2.05) is 13.8 Å². The van der Waals surface area contributed by atoms with Crippen LogP contribution in [0.5, 0.6) is 0 Å². The molecule has 0 radical (unpaired) electrons. The van der Waals surface area contributed by atoms with Gasteiger partial charge in [0.25, 0.3) is 0 Å². The van der Waals surface area contributed by atoms with Crippen molar-refractivity contribution in [3.8, 4) is 0 Å². The first-order chi connectivity index (χ1) is 24.1. The quantitative estimate of drug-likeness (QED) is 0.209. The summed E-state index contributed by atoms with van der Waals surface area (Å²) in [6, 6.07) is 0. The second kappa shape index (κ2) is 13.8. The van der Waals surface area contributed by atoms with E-state index in [-0.39, 0.29) is 47.4 Å². The van der Waals surface area contributed by atoms with E-state index >= 15 is 0 Å². The minimum Gasteiger partial charge on any atom is -0.458 e. The molecular weight excluding hydrogens is 642 g/mol. The Morgan fingerprint density at radius 2 is 1.73 bits per heavy atom. The maximum absolute atomic E-state index is 12.6. The molecule has 0 amide bonds. The third-order valence-corrected chi connectivity index (χ3v) is 14.6. The third-order valence-electron chi connectivity index (χ3n) is 14.6. The van der Waals surface area contributed by atoms with Crippen molar-refractivity contribution in [2.75, 3.05) is 6.54 Å². The van der Waals surface area contributed by atoms with Crippen LogP contribution in [0.4, 0.5) is 0 Å². The van der Waals surface area contributed by atoms with Crippen molar-refractivity contribution in [1.82, 2.24) is 0 Å². The number of carbonyl (C=O) groups is 1. The smallest absolute Gasteiger partial charge is 0.309 e. The van der Waals surface area contributed by atoms with Crippen LogP contribution >= 0.6 is 0 Å². The normalized spacial score (nSPS) is 49.4. The minimum absolute atomic E-state index is 0.0449. The summed E-state index contributed by atoms with van der Waals surface area (Å²) in [6.45, 7) is 20.5. The number of aliphatic imine (C=N–C) groups is 1. The molecule has 4 fully saturated rings. The lowest BCUT2D eigenvalue weighted by Crippen LogP contribution is -2.60. The van der Waals surface area contributed by atoms with E-state index in [1.54, 1.807) is 0 Å². The predicted octanol–water partition coefficient (Wildman–Crippen LogP) is 8.15.